The number of hydrogen-bond acceptors (Lipinski definition) is 8. The molecule has 0 amide bonds. The lowest BCUT2D eigenvalue weighted by molar-refractivity contribution is -0.161. The summed E-state index contributed by atoms with van der Waals surface area (Å²) in [6, 6.07) is 0. The Kier molecular flexibility index (Phi) is 43.4. The quantitative estimate of drug-likeness (QED) is 0.0266. The normalized spacial score (nSPS) is 13.5. The highest BCUT2D eigenvalue weighted by Crippen LogP contribution is 2.43. The number of phosphoric ester groups is 1. The van der Waals surface area contributed by atoms with Crippen LogP contribution in [0.4, 0.5) is 0 Å². The summed E-state index contributed by atoms with van der Waals surface area (Å²) in [4.78, 5) is 34.9. The van der Waals surface area contributed by atoms with Gasteiger partial charge in [0, 0.05) is 19.4 Å². The summed E-state index contributed by atoms with van der Waals surface area (Å²) in [7, 11) is -4.39. The number of carbonyl (C=O) groups is 2. The van der Waals surface area contributed by atoms with Gasteiger partial charge in [0.05, 0.1) is 13.2 Å². The molecule has 0 aliphatic carbocycles. The van der Waals surface area contributed by atoms with E-state index >= 15 is 0 Å². The third-order valence-corrected chi connectivity index (χ3v) is 11.2. The van der Waals surface area contributed by atoms with Gasteiger partial charge in [-0.1, -0.05) is 192 Å². The third kappa shape index (κ3) is 43.8. The summed E-state index contributed by atoms with van der Waals surface area (Å²) in [5, 5.41) is 0. The molecule has 2 atom stereocenters. The molecule has 3 N–H and O–H groups in total. The number of hydrogen-bond donors (Lipinski definition) is 2. The van der Waals surface area contributed by atoms with Gasteiger partial charge in [0.1, 0.15) is 6.61 Å². The van der Waals surface area contributed by atoms with Crippen LogP contribution in [0.2, 0.25) is 0 Å². The topological polar surface area (TPSA) is 134 Å². The van der Waals surface area contributed by atoms with Crippen LogP contribution < -0.4 is 5.73 Å². The van der Waals surface area contributed by atoms with Gasteiger partial charge in [0.15, 0.2) is 6.10 Å². The molecule has 0 aliphatic rings. The van der Waals surface area contributed by atoms with Crippen molar-refractivity contribution in [2.24, 2.45) is 5.73 Å². The van der Waals surface area contributed by atoms with Gasteiger partial charge in [-0.15, -0.1) is 0 Å². The number of unbranched alkanes of at least 4 members (excludes halogenated alkanes) is 26. The molecule has 0 heterocycles. The van der Waals surface area contributed by atoms with Crippen molar-refractivity contribution < 1.29 is 37.6 Å². The largest absolute Gasteiger partial charge is 0.472 e. The Labute approximate surface area is 356 Å². The minimum atomic E-state index is -4.39. The van der Waals surface area contributed by atoms with Gasteiger partial charge >= 0.3 is 19.8 Å². The van der Waals surface area contributed by atoms with Crippen LogP contribution in [0.3, 0.4) is 0 Å². The van der Waals surface area contributed by atoms with E-state index in [0.29, 0.717) is 12.8 Å². The van der Waals surface area contributed by atoms with Crippen LogP contribution in [0.1, 0.15) is 226 Å². The Hall–Kier alpha value is -1.77. The number of nitrogens with two attached hydrogens (primary N) is 1. The molecule has 0 saturated carbocycles. The van der Waals surface area contributed by atoms with Gasteiger partial charge < -0.3 is 20.1 Å². The van der Waals surface area contributed by atoms with E-state index in [1.165, 1.54) is 128 Å². The van der Waals surface area contributed by atoms with Gasteiger partial charge in [-0.3, -0.25) is 18.6 Å². The van der Waals surface area contributed by atoms with Crippen molar-refractivity contribution in [3.63, 3.8) is 0 Å². The second kappa shape index (κ2) is 44.8. The predicted molar refractivity (Wildman–Crippen MR) is 243 cm³/mol. The first-order chi connectivity index (χ1) is 28.3. The van der Waals surface area contributed by atoms with E-state index in [4.69, 9.17) is 24.3 Å². The third-order valence-electron chi connectivity index (χ3n) is 10.2. The molecule has 9 nitrogen and oxygen atoms in total. The molecule has 0 aromatic rings. The van der Waals surface area contributed by atoms with Crippen LogP contribution >= 0.6 is 7.82 Å². The lowest BCUT2D eigenvalue weighted by Crippen LogP contribution is -2.29. The van der Waals surface area contributed by atoms with Gasteiger partial charge in [-0.2, -0.15) is 0 Å². The van der Waals surface area contributed by atoms with E-state index < -0.39 is 32.5 Å². The highest BCUT2D eigenvalue weighted by atomic mass is 31.2. The molecule has 0 aromatic carbocycles. The Morgan fingerprint density at radius 3 is 1.43 bits per heavy atom. The first kappa shape index (κ1) is 56.2. The van der Waals surface area contributed by atoms with E-state index in [1.54, 1.807) is 0 Å². The van der Waals surface area contributed by atoms with Crippen LogP contribution in [0, 0.1) is 0 Å². The molecule has 10 heteroatoms. The monoisotopic (exact) mass is 840 g/mol. The van der Waals surface area contributed by atoms with E-state index in [0.717, 1.165) is 57.8 Å². The zero-order chi connectivity index (χ0) is 42.5. The highest BCUT2D eigenvalue weighted by Gasteiger charge is 2.26. The predicted octanol–water partition coefficient (Wildman–Crippen LogP) is 14.1. The van der Waals surface area contributed by atoms with Crippen molar-refractivity contribution in [2.75, 3.05) is 26.4 Å². The highest BCUT2D eigenvalue weighted by molar-refractivity contribution is 7.47. The molecule has 0 radical (unpaired) electrons. The second-order valence-corrected chi connectivity index (χ2v) is 17.4. The molecule has 0 rings (SSSR count). The number of phosphoric acid groups is 1. The molecule has 0 spiro atoms. The molecule has 0 aliphatic heterocycles. The summed E-state index contributed by atoms with van der Waals surface area (Å²) in [5.74, 6) is -0.877. The Morgan fingerprint density at radius 1 is 0.517 bits per heavy atom. The van der Waals surface area contributed by atoms with Crippen molar-refractivity contribution in [2.45, 2.75) is 232 Å². The van der Waals surface area contributed by atoms with Crippen LogP contribution in [-0.4, -0.2) is 49.3 Å². The van der Waals surface area contributed by atoms with E-state index in [2.05, 4.69) is 50.3 Å². The van der Waals surface area contributed by atoms with Crippen molar-refractivity contribution in [3.05, 3.63) is 36.5 Å². The minimum absolute atomic E-state index is 0.0477. The second-order valence-electron chi connectivity index (χ2n) is 16.0. The number of esters is 2. The van der Waals surface area contributed by atoms with Crippen LogP contribution in [-0.2, 0) is 32.7 Å². The number of allylic oxidation sites excluding steroid dienone is 6. The molecule has 0 aromatic heterocycles. The molecular weight excluding hydrogens is 750 g/mol. The fraction of sp³-hybridized carbons (Fsp3) is 0.833. The number of ether oxygens (including phenoxy) is 2. The average Bonchev–Trinajstić information content (AvgIpc) is 3.21. The molecule has 58 heavy (non-hydrogen) atoms. The molecule has 340 valence electrons. The Morgan fingerprint density at radius 2 is 0.931 bits per heavy atom. The molecule has 0 fully saturated rings. The number of carbonyl (C=O) groups excluding carboxylic acids is 2. The molecule has 0 bridgehead atoms. The van der Waals surface area contributed by atoms with Gasteiger partial charge in [-0.05, 0) is 57.8 Å². The zero-order valence-electron chi connectivity index (χ0n) is 37.5. The van der Waals surface area contributed by atoms with Crippen molar-refractivity contribution in [1.29, 1.82) is 0 Å². The Balaban J connectivity index is 4.08. The maximum absolute atomic E-state index is 12.6. The molecule has 0 saturated heterocycles. The molecule has 1 unspecified atom stereocenters. The maximum Gasteiger partial charge on any atom is 0.472 e. The van der Waals surface area contributed by atoms with Crippen molar-refractivity contribution >= 4 is 19.8 Å². The van der Waals surface area contributed by atoms with Crippen LogP contribution in [0.5, 0.6) is 0 Å². The van der Waals surface area contributed by atoms with Gasteiger partial charge in [0.25, 0.3) is 0 Å². The summed E-state index contributed by atoms with van der Waals surface area (Å²) in [5.41, 5.74) is 5.35. The number of rotatable bonds is 45. The summed E-state index contributed by atoms with van der Waals surface area (Å²) >= 11 is 0. The summed E-state index contributed by atoms with van der Waals surface area (Å²) in [6.07, 6.45) is 50.5. The maximum atomic E-state index is 12.6. The summed E-state index contributed by atoms with van der Waals surface area (Å²) < 4.78 is 32.8. The fourth-order valence-electron chi connectivity index (χ4n) is 6.66. The van der Waals surface area contributed by atoms with Crippen molar-refractivity contribution in [3.8, 4) is 0 Å². The van der Waals surface area contributed by atoms with E-state index in [1.807, 2.05) is 0 Å². The smallest absolute Gasteiger partial charge is 0.462 e. The van der Waals surface area contributed by atoms with Crippen molar-refractivity contribution in [1.82, 2.24) is 0 Å². The minimum Gasteiger partial charge on any atom is -0.462 e. The lowest BCUT2D eigenvalue weighted by atomic mass is 10.0. The molecular formula is C48H90NO8P. The lowest BCUT2D eigenvalue weighted by Gasteiger charge is -2.19. The fourth-order valence-corrected chi connectivity index (χ4v) is 7.42. The summed E-state index contributed by atoms with van der Waals surface area (Å²) in [6.45, 7) is 3.67. The van der Waals surface area contributed by atoms with Gasteiger partial charge in [-0.25, -0.2) is 4.57 Å². The van der Waals surface area contributed by atoms with Crippen LogP contribution in [0.15, 0.2) is 36.5 Å². The van der Waals surface area contributed by atoms with Crippen LogP contribution in [0.25, 0.3) is 0 Å². The SMILES string of the molecule is CCCC/C=C/C/C=C/CCCCCCCC(=O)OC[C@H](COP(=O)(O)OCCN)OC(=O)CCC/C=C/CCCCCCCCCCCCCCCCCCCC. The first-order valence-corrected chi connectivity index (χ1v) is 25.5. The standard InChI is InChI=1S/C48H90NO8P/c1-3-5-7-9-11-13-15-17-19-20-21-22-23-24-25-26-27-29-31-33-35-37-39-41-48(51)57-46(45-56-58(52,53)55-43-42-49)44-54-47(50)40-38-36-34-32-30-28-18-16-14-12-10-8-6-4-2/h10,12,16,18,33,35,46H,3-9,11,13-15,17,19-32,34,36-45,49H2,1-2H3,(H,52,53)/b12-10+,18-16+,35-33+/t46-/m1/s1. The van der Waals surface area contributed by atoms with Gasteiger partial charge in [0.2, 0.25) is 0 Å². The Bertz CT molecular complexity index is 1050. The average molecular weight is 840 g/mol. The van der Waals surface area contributed by atoms with E-state index in [9.17, 15) is 19.0 Å². The first-order valence-electron chi connectivity index (χ1n) is 24.0. The van der Waals surface area contributed by atoms with E-state index in [-0.39, 0.29) is 32.6 Å². The zero-order valence-corrected chi connectivity index (χ0v) is 38.4.